The molecule has 23 heavy (non-hydrogen) atoms. The number of hydrogen-bond acceptors (Lipinski definition) is 3. The first-order chi connectivity index (χ1) is 11.2. The van der Waals surface area contributed by atoms with Crippen LogP contribution >= 0.6 is 0 Å². The van der Waals surface area contributed by atoms with E-state index >= 15 is 0 Å². The van der Waals surface area contributed by atoms with Crippen molar-refractivity contribution in [1.82, 2.24) is 9.55 Å². The molecule has 0 unspecified atom stereocenters. The van der Waals surface area contributed by atoms with Crippen LogP contribution in [0.1, 0.15) is 12.5 Å². The Bertz CT molecular complexity index is 915. The second-order valence-electron chi connectivity index (χ2n) is 5.30. The number of carbonyl (C=O) groups excluding carboxylic acids is 1. The molecule has 0 aliphatic heterocycles. The smallest absolute Gasteiger partial charge is 0.261 e. The topological polar surface area (TPSA) is 64.0 Å². The summed E-state index contributed by atoms with van der Waals surface area (Å²) in [6.45, 7) is 1.99. The van der Waals surface area contributed by atoms with Crippen molar-refractivity contribution in [3.8, 4) is 0 Å². The summed E-state index contributed by atoms with van der Waals surface area (Å²) in [4.78, 5) is 28.7. The second-order valence-corrected chi connectivity index (χ2v) is 5.30. The number of hydrogen-bond donors (Lipinski definition) is 1. The van der Waals surface area contributed by atoms with Crippen molar-refractivity contribution in [3.05, 3.63) is 70.8 Å². The number of aryl methyl sites for hydroxylation is 1. The molecule has 0 saturated heterocycles. The number of amides is 1. The van der Waals surface area contributed by atoms with E-state index in [2.05, 4.69) is 17.2 Å². The molecule has 3 aromatic rings. The minimum Gasteiger partial charge on any atom is -0.325 e. The van der Waals surface area contributed by atoms with E-state index in [9.17, 15) is 9.59 Å². The van der Waals surface area contributed by atoms with Gasteiger partial charge in [0.05, 0.1) is 17.2 Å². The number of aromatic nitrogens is 2. The second kappa shape index (κ2) is 6.44. The lowest BCUT2D eigenvalue weighted by molar-refractivity contribution is -0.116. The van der Waals surface area contributed by atoms with Crippen LogP contribution in [-0.4, -0.2) is 15.5 Å². The van der Waals surface area contributed by atoms with Crippen LogP contribution in [-0.2, 0) is 17.8 Å². The number of rotatable bonds is 4. The quantitative estimate of drug-likeness (QED) is 0.806. The van der Waals surface area contributed by atoms with Gasteiger partial charge in [-0.05, 0) is 36.2 Å². The van der Waals surface area contributed by atoms with Crippen LogP contribution < -0.4 is 10.9 Å². The Morgan fingerprint density at radius 3 is 2.83 bits per heavy atom. The average Bonchev–Trinajstić information content (AvgIpc) is 2.58. The molecule has 0 fully saturated rings. The van der Waals surface area contributed by atoms with Crippen molar-refractivity contribution in [2.24, 2.45) is 0 Å². The standard InChI is InChI=1S/C18H17N3O2/c1-2-13-6-5-7-14(10-13)20-17(22)11-21-12-19-16-9-4-3-8-15(16)18(21)23/h3-10,12H,2,11H2,1H3,(H,20,22). The third-order valence-corrected chi connectivity index (χ3v) is 3.66. The van der Waals surface area contributed by atoms with Gasteiger partial charge in [-0.25, -0.2) is 4.98 Å². The summed E-state index contributed by atoms with van der Waals surface area (Å²) in [7, 11) is 0. The zero-order chi connectivity index (χ0) is 16.2. The molecule has 5 nitrogen and oxygen atoms in total. The lowest BCUT2D eigenvalue weighted by Gasteiger charge is -2.09. The van der Waals surface area contributed by atoms with Gasteiger partial charge < -0.3 is 5.32 Å². The Kier molecular flexibility index (Phi) is 4.19. The third-order valence-electron chi connectivity index (χ3n) is 3.66. The molecule has 2 aromatic carbocycles. The minimum atomic E-state index is -0.252. The van der Waals surface area contributed by atoms with Crippen molar-refractivity contribution in [2.45, 2.75) is 19.9 Å². The van der Waals surface area contributed by atoms with Crippen LogP contribution in [0.5, 0.6) is 0 Å². The highest BCUT2D eigenvalue weighted by molar-refractivity contribution is 5.90. The van der Waals surface area contributed by atoms with Gasteiger partial charge in [-0.15, -0.1) is 0 Å². The maximum Gasteiger partial charge on any atom is 0.261 e. The molecule has 0 bridgehead atoms. The first kappa shape index (κ1) is 15.0. The van der Waals surface area contributed by atoms with E-state index in [1.165, 1.54) is 10.9 Å². The Labute approximate surface area is 133 Å². The van der Waals surface area contributed by atoms with Gasteiger partial charge in [0.2, 0.25) is 5.91 Å². The molecule has 116 valence electrons. The fourth-order valence-electron chi connectivity index (χ4n) is 2.44. The lowest BCUT2D eigenvalue weighted by Crippen LogP contribution is -2.27. The average molecular weight is 307 g/mol. The fourth-order valence-corrected chi connectivity index (χ4v) is 2.44. The zero-order valence-electron chi connectivity index (χ0n) is 12.8. The van der Waals surface area contributed by atoms with Gasteiger partial charge in [-0.3, -0.25) is 14.2 Å². The summed E-state index contributed by atoms with van der Waals surface area (Å²) in [5, 5.41) is 3.32. The van der Waals surface area contributed by atoms with Gasteiger partial charge in [-0.1, -0.05) is 31.2 Å². The molecule has 1 amide bonds. The fraction of sp³-hybridized carbons (Fsp3) is 0.167. The molecule has 5 heteroatoms. The van der Waals surface area contributed by atoms with Gasteiger partial charge in [0.25, 0.3) is 5.56 Å². The molecule has 0 aliphatic rings. The molecular formula is C18H17N3O2. The predicted molar refractivity (Wildman–Crippen MR) is 90.5 cm³/mol. The Morgan fingerprint density at radius 2 is 2.00 bits per heavy atom. The zero-order valence-corrected chi connectivity index (χ0v) is 12.8. The molecule has 0 saturated carbocycles. The van der Waals surface area contributed by atoms with Crippen LogP contribution in [0.15, 0.2) is 59.7 Å². The van der Waals surface area contributed by atoms with E-state index in [0.29, 0.717) is 10.9 Å². The lowest BCUT2D eigenvalue weighted by atomic mass is 10.1. The number of carbonyl (C=O) groups is 1. The molecule has 1 heterocycles. The van der Waals surface area contributed by atoms with E-state index in [-0.39, 0.29) is 18.0 Å². The van der Waals surface area contributed by atoms with Crippen molar-refractivity contribution >= 4 is 22.5 Å². The summed E-state index contributed by atoms with van der Waals surface area (Å²) >= 11 is 0. The van der Waals surface area contributed by atoms with Crippen LogP contribution in [0, 0.1) is 0 Å². The van der Waals surface area contributed by atoms with E-state index in [1.54, 1.807) is 18.2 Å². The maximum atomic E-state index is 12.4. The SMILES string of the molecule is CCc1cccc(NC(=O)Cn2cnc3ccccc3c2=O)c1. The summed E-state index contributed by atoms with van der Waals surface area (Å²) in [6, 6.07) is 14.8. The normalized spacial score (nSPS) is 10.7. The van der Waals surface area contributed by atoms with Crippen LogP contribution in [0.4, 0.5) is 5.69 Å². The van der Waals surface area contributed by atoms with Crippen LogP contribution in [0.2, 0.25) is 0 Å². The monoisotopic (exact) mass is 307 g/mol. The van der Waals surface area contributed by atoms with Crippen LogP contribution in [0.3, 0.4) is 0 Å². The van der Waals surface area contributed by atoms with Gasteiger partial charge in [0.1, 0.15) is 6.54 Å². The highest BCUT2D eigenvalue weighted by atomic mass is 16.2. The number of benzene rings is 2. The largest absolute Gasteiger partial charge is 0.325 e. The molecule has 0 atom stereocenters. The first-order valence-corrected chi connectivity index (χ1v) is 7.50. The first-order valence-electron chi connectivity index (χ1n) is 7.50. The summed E-state index contributed by atoms with van der Waals surface area (Å²) in [6.07, 6.45) is 2.31. The Morgan fingerprint density at radius 1 is 1.17 bits per heavy atom. The predicted octanol–water partition coefficient (Wildman–Crippen LogP) is 2.60. The van der Waals surface area contributed by atoms with E-state index in [0.717, 1.165) is 17.7 Å². The van der Waals surface area contributed by atoms with Gasteiger partial charge in [0.15, 0.2) is 0 Å². The van der Waals surface area contributed by atoms with E-state index in [1.807, 2.05) is 30.3 Å². The van der Waals surface area contributed by atoms with E-state index < -0.39 is 0 Å². The molecule has 0 spiro atoms. The van der Waals surface area contributed by atoms with Gasteiger partial charge in [0, 0.05) is 5.69 Å². The summed E-state index contributed by atoms with van der Waals surface area (Å²) < 4.78 is 1.32. The van der Waals surface area contributed by atoms with Crippen molar-refractivity contribution in [1.29, 1.82) is 0 Å². The van der Waals surface area contributed by atoms with Crippen LogP contribution in [0.25, 0.3) is 10.9 Å². The molecule has 0 aliphatic carbocycles. The third kappa shape index (κ3) is 3.29. The van der Waals surface area contributed by atoms with Crippen molar-refractivity contribution in [2.75, 3.05) is 5.32 Å². The highest BCUT2D eigenvalue weighted by Gasteiger charge is 2.08. The molecular weight excluding hydrogens is 290 g/mol. The summed E-state index contributed by atoms with van der Waals surface area (Å²) in [5.74, 6) is -0.252. The minimum absolute atomic E-state index is 0.0625. The number of anilines is 1. The molecule has 0 radical (unpaired) electrons. The Hall–Kier alpha value is -2.95. The number of para-hydroxylation sites is 1. The number of nitrogens with zero attached hydrogens (tertiary/aromatic N) is 2. The van der Waals surface area contributed by atoms with Crippen molar-refractivity contribution < 1.29 is 4.79 Å². The number of fused-ring (bicyclic) bond motifs is 1. The number of nitrogens with one attached hydrogen (secondary N) is 1. The molecule has 1 N–H and O–H groups in total. The van der Waals surface area contributed by atoms with E-state index in [4.69, 9.17) is 0 Å². The van der Waals surface area contributed by atoms with Gasteiger partial charge >= 0.3 is 0 Å². The molecule has 1 aromatic heterocycles. The summed E-state index contributed by atoms with van der Waals surface area (Å²) in [5.41, 5.74) is 2.29. The Balaban J connectivity index is 1.80. The molecule has 3 rings (SSSR count). The van der Waals surface area contributed by atoms with Crippen molar-refractivity contribution in [3.63, 3.8) is 0 Å². The maximum absolute atomic E-state index is 12.4. The van der Waals surface area contributed by atoms with Gasteiger partial charge in [-0.2, -0.15) is 0 Å². The highest BCUT2D eigenvalue weighted by Crippen LogP contribution is 2.11.